The van der Waals surface area contributed by atoms with Crippen LogP contribution in [0.25, 0.3) is 0 Å². The lowest BCUT2D eigenvalue weighted by molar-refractivity contribution is -0.144. The predicted octanol–water partition coefficient (Wildman–Crippen LogP) is 2.28. The van der Waals surface area contributed by atoms with Crippen LogP contribution in [-0.2, 0) is 14.3 Å². The molecule has 0 spiro atoms. The molecule has 0 aromatic heterocycles. The molecule has 1 amide bonds. The van der Waals surface area contributed by atoms with Crippen molar-refractivity contribution >= 4 is 28.5 Å². The topological polar surface area (TPSA) is 81.8 Å². The second-order valence-electron chi connectivity index (χ2n) is 5.14. The monoisotopic (exact) mass is 417 g/mol. The minimum Gasteiger partial charge on any atom is -0.459 e. The van der Waals surface area contributed by atoms with Crippen LogP contribution >= 0.6 is 22.6 Å². The van der Waals surface area contributed by atoms with Crippen LogP contribution in [0.3, 0.4) is 0 Å². The lowest BCUT2D eigenvalue weighted by atomic mass is 9.93. The molecular formula is C16H20INO4. The second kappa shape index (κ2) is 8.50. The van der Waals surface area contributed by atoms with Crippen molar-refractivity contribution in [2.45, 2.75) is 31.5 Å². The average Bonchev–Trinajstić information content (AvgIpc) is 2.52. The first-order chi connectivity index (χ1) is 10.6. The number of unbranched alkanes of at least 4 members (excludes halogenated alkanes) is 1. The van der Waals surface area contributed by atoms with E-state index in [1.54, 1.807) is 6.08 Å². The molecule has 1 aliphatic heterocycles. The van der Waals surface area contributed by atoms with Crippen LogP contribution in [0.2, 0.25) is 0 Å². The molecule has 0 saturated carbocycles. The predicted molar refractivity (Wildman–Crippen MR) is 90.9 cm³/mol. The maximum absolute atomic E-state index is 11.4. The molecule has 2 rings (SSSR count). The van der Waals surface area contributed by atoms with E-state index in [-0.39, 0.29) is 18.3 Å². The summed E-state index contributed by atoms with van der Waals surface area (Å²) in [5, 5.41) is 8.77. The van der Waals surface area contributed by atoms with Gasteiger partial charge in [-0.2, -0.15) is 0 Å². The van der Waals surface area contributed by atoms with E-state index in [1.165, 1.54) is 0 Å². The zero-order chi connectivity index (χ0) is 15.9. The summed E-state index contributed by atoms with van der Waals surface area (Å²) in [4.78, 5) is 11.4. The number of halogens is 1. The Morgan fingerprint density at radius 3 is 2.73 bits per heavy atom. The molecular weight excluding hydrogens is 397 g/mol. The van der Waals surface area contributed by atoms with Gasteiger partial charge in [-0.3, -0.25) is 4.79 Å². The van der Waals surface area contributed by atoms with E-state index >= 15 is 0 Å². The SMILES string of the molecule is NC(=O)C1=C[C@@H](c2ccc(I)cc2)C[C@@H](OCCCCO)O1. The third-order valence-electron chi connectivity index (χ3n) is 3.45. The number of primary amides is 1. The number of amides is 1. The summed E-state index contributed by atoms with van der Waals surface area (Å²) in [5.74, 6) is -0.391. The fourth-order valence-corrected chi connectivity index (χ4v) is 2.66. The van der Waals surface area contributed by atoms with Gasteiger partial charge in [0.1, 0.15) is 0 Å². The number of hydrogen-bond acceptors (Lipinski definition) is 4. The van der Waals surface area contributed by atoms with Gasteiger partial charge >= 0.3 is 0 Å². The standard InChI is InChI=1S/C16H20INO4/c17-13-5-3-11(4-6-13)12-9-14(16(18)20)22-15(10-12)21-8-2-1-7-19/h3-6,9,12,15,19H,1-2,7-8,10H2,(H2,18,20)/t12-,15+/m1/s1. The lowest BCUT2D eigenvalue weighted by Crippen LogP contribution is -2.29. The number of carbonyl (C=O) groups excluding carboxylic acids is 1. The number of hydrogen-bond donors (Lipinski definition) is 2. The summed E-state index contributed by atoms with van der Waals surface area (Å²) in [6.45, 7) is 0.628. The van der Waals surface area contributed by atoms with Crippen molar-refractivity contribution in [1.82, 2.24) is 0 Å². The molecule has 0 saturated heterocycles. The van der Waals surface area contributed by atoms with Gasteiger partial charge in [-0.1, -0.05) is 12.1 Å². The van der Waals surface area contributed by atoms with Crippen LogP contribution in [0.4, 0.5) is 0 Å². The Hall–Kier alpha value is -1.12. The first-order valence-electron chi connectivity index (χ1n) is 7.26. The number of allylic oxidation sites excluding steroid dienone is 1. The number of aliphatic hydroxyl groups is 1. The van der Waals surface area contributed by atoms with Crippen LogP contribution in [0.5, 0.6) is 0 Å². The van der Waals surface area contributed by atoms with Crippen molar-refractivity contribution in [1.29, 1.82) is 0 Å². The third kappa shape index (κ3) is 4.96. The zero-order valence-corrected chi connectivity index (χ0v) is 14.4. The summed E-state index contributed by atoms with van der Waals surface area (Å²) < 4.78 is 12.3. The van der Waals surface area contributed by atoms with Crippen LogP contribution in [0, 0.1) is 3.57 Å². The molecule has 120 valence electrons. The minimum absolute atomic E-state index is 0.0380. The smallest absolute Gasteiger partial charge is 0.283 e. The highest BCUT2D eigenvalue weighted by Crippen LogP contribution is 2.31. The summed E-state index contributed by atoms with van der Waals surface area (Å²) in [6, 6.07) is 8.13. The van der Waals surface area contributed by atoms with Crippen LogP contribution in [0.15, 0.2) is 36.1 Å². The van der Waals surface area contributed by atoms with Gasteiger partial charge in [-0.25, -0.2) is 0 Å². The average molecular weight is 417 g/mol. The molecule has 1 aromatic rings. The normalized spacial score (nSPS) is 21.1. The largest absolute Gasteiger partial charge is 0.459 e. The maximum atomic E-state index is 11.4. The highest BCUT2D eigenvalue weighted by molar-refractivity contribution is 14.1. The minimum atomic E-state index is -0.584. The lowest BCUT2D eigenvalue weighted by Gasteiger charge is -2.28. The molecule has 1 aromatic carbocycles. The summed E-state index contributed by atoms with van der Waals surface area (Å²) >= 11 is 2.25. The van der Waals surface area contributed by atoms with Gasteiger partial charge in [0.25, 0.3) is 5.91 Å². The third-order valence-corrected chi connectivity index (χ3v) is 4.17. The summed E-state index contributed by atoms with van der Waals surface area (Å²) in [5.41, 5.74) is 6.45. The molecule has 0 unspecified atom stereocenters. The van der Waals surface area contributed by atoms with Crippen molar-refractivity contribution in [3.05, 3.63) is 45.2 Å². The van der Waals surface area contributed by atoms with Gasteiger partial charge in [0.2, 0.25) is 6.29 Å². The molecule has 0 radical (unpaired) electrons. The first-order valence-corrected chi connectivity index (χ1v) is 8.34. The number of nitrogens with two attached hydrogens (primary N) is 1. The number of rotatable bonds is 7. The van der Waals surface area contributed by atoms with E-state index in [9.17, 15) is 4.79 Å². The zero-order valence-electron chi connectivity index (χ0n) is 12.2. The van der Waals surface area contributed by atoms with E-state index in [4.69, 9.17) is 20.3 Å². The molecule has 2 atom stereocenters. The van der Waals surface area contributed by atoms with Gasteiger partial charge in [0, 0.05) is 22.5 Å². The number of aliphatic hydroxyl groups excluding tert-OH is 1. The van der Waals surface area contributed by atoms with Crippen molar-refractivity contribution < 1.29 is 19.4 Å². The van der Waals surface area contributed by atoms with Crippen LogP contribution in [-0.4, -0.2) is 30.5 Å². The maximum Gasteiger partial charge on any atom is 0.283 e. The molecule has 0 fully saturated rings. The molecule has 22 heavy (non-hydrogen) atoms. The quantitative estimate of drug-likeness (QED) is 0.527. The van der Waals surface area contributed by atoms with Gasteiger partial charge in [0.05, 0.1) is 6.61 Å². The molecule has 3 N–H and O–H groups in total. The first kappa shape index (κ1) is 17.2. The fourth-order valence-electron chi connectivity index (χ4n) is 2.30. The van der Waals surface area contributed by atoms with Crippen LogP contribution in [0.1, 0.15) is 30.7 Å². The molecule has 1 heterocycles. The second-order valence-corrected chi connectivity index (χ2v) is 6.38. The van der Waals surface area contributed by atoms with E-state index in [0.717, 1.165) is 15.6 Å². The van der Waals surface area contributed by atoms with Gasteiger partial charge in [0.15, 0.2) is 5.76 Å². The Kier molecular flexibility index (Phi) is 6.66. The van der Waals surface area contributed by atoms with Crippen molar-refractivity contribution in [3.63, 3.8) is 0 Å². The van der Waals surface area contributed by atoms with E-state index in [0.29, 0.717) is 19.4 Å². The number of ether oxygens (including phenoxy) is 2. The highest BCUT2D eigenvalue weighted by Gasteiger charge is 2.27. The van der Waals surface area contributed by atoms with Gasteiger partial charge in [-0.05, 0) is 59.2 Å². The van der Waals surface area contributed by atoms with E-state index in [2.05, 4.69) is 22.6 Å². The molecule has 0 bridgehead atoms. The number of benzene rings is 1. The Morgan fingerprint density at radius 2 is 2.09 bits per heavy atom. The molecule has 0 aliphatic carbocycles. The Morgan fingerprint density at radius 1 is 1.36 bits per heavy atom. The fraction of sp³-hybridized carbons (Fsp3) is 0.438. The van der Waals surface area contributed by atoms with Crippen molar-refractivity contribution in [2.24, 2.45) is 5.73 Å². The molecule has 5 nitrogen and oxygen atoms in total. The summed E-state index contributed by atoms with van der Waals surface area (Å²) in [7, 11) is 0. The number of carbonyl (C=O) groups is 1. The Bertz CT molecular complexity index is 529. The van der Waals surface area contributed by atoms with Gasteiger partial charge in [-0.15, -0.1) is 0 Å². The molecule has 1 aliphatic rings. The van der Waals surface area contributed by atoms with Crippen molar-refractivity contribution in [2.75, 3.05) is 13.2 Å². The van der Waals surface area contributed by atoms with Crippen molar-refractivity contribution in [3.8, 4) is 0 Å². The van der Waals surface area contributed by atoms with Crippen LogP contribution < -0.4 is 5.73 Å². The van der Waals surface area contributed by atoms with E-state index in [1.807, 2.05) is 24.3 Å². The Labute approximate surface area is 143 Å². The summed E-state index contributed by atoms with van der Waals surface area (Å²) in [6.07, 6.45) is 3.34. The highest BCUT2D eigenvalue weighted by atomic mass is 127. The Balaban J connectivity index is 2.06. The van der Waals surface area contributed by atoms with Gasteiger partial charge < -0.3 is 20.3 Å². The molecule has 6 heteroatoms. The van der Waals surface area contributed by atoms with E-state index < -0.39 is 12.2 Å².